The highest BCUT2D eigenvalue weighted by Gasteiger charge is 2.43. The van der Waals surface area contributed by atoms with Crippen LogP contribution in [0.25, 0.3) is 0 Å². The molecule has 2 aliphatic heterocycles. The minimum atomic E-state index is -4.13. The van der Waals surface area contributed by atoms with Crippen molar-refractivity contribution in [3.63, 3.8) is 0 Å². The molecule has 0 bridgehead atoms. The third kappa shape index (κ3) is 10.9. The average Bonchev–Trinajstić information content (AvgIpc) is 3.64. The van der Waals surface area contributed by atoms with Crippen LogP contribution < -0.4 is 27.6 Å². The van der Waals surface area contributed by atoms with E-state index in [1.807, 2.05) is 0 Å². The van der Waals surface area contributed by atoms with Crippen LogP contribution in [0.4, 0.5) is 0 Å². The minimum absolute atomic E-state index is 0.0169. The maximum atomic E-state index is 14.2. The molecule has 4 rings (SSSR count). The number of hydrogen-bond acceptors (Lipinski definition) is 11. The van der Waals surface area contributed by atoms with Crippen molar-refractivity contribution < 1.29 is 33.3 Å². The maximum Gasteiger partial charge on any atom is 0.405 e. The van der Waals surface area contributed by atoms with E-state index in [0.717, 1.165) is 19.3 Å². The Morgan fingerprint density at radius 1 is 0.837 bits per heavy atom. The summed E-state index contributed by atoms with van der Waals surface area (Å²) in [7, 11) is -4.13. The van der Waals surface area contributed by atoms with Crippen molar-refractivity contribution in [1.29, 1.82) is 0 Å². The number of rotatable bonds is 20. The SMILES string of the molecule is CCCCCCCCCCCCNP(=O)(OC[C@H]1O[C@@H](n2cc(C)c(=O)[nH]c2=O)C[C@@H]1O)O[C@H]1C[C@H](n2cc(C)c(=O)[nH]c2=O)O[C@@H]1CO. The summed E-state index contributed by atoms with van der Waals surface area (Å²) in [6.45, 7) is 4.72. The van der Waals surface area contributed by atoms with E-state index < -0.39 is 73.7 Å². The van der Waals surface area contributed by atoms with Crippen LogP contribution in [0.15, 0.2) is 31.6 Å². The fourth-order valence-corrected chi connectivity index (χ4v) is 7.65. The lowest BCUT2D eigenvalue weighted by Crippen LogP contribution is -2.34. The van der Waals surface area contributed by atoms with E-state index >= 15 is 0 Å². The van der Waals surface area contributed by atoms with Gasteiger partial charge in [0.25, 0.3) is 11.1 Å². The Labute approximate surface area is 284 Å². The highest BCUT2D eigenvalue weighted by Crippen LogP contribution is 2.49. The van der Waals surface area contributed by atoms with Crippen LogP contribution >= 0.6 is 7.75 Å². The van der Waals surface area contributed by atoms with E-state index in [-0.39, 0.29) is 25.0 Å². The quantitative estimate of drug-likeness (QED) is 0.0989. The lowest BCUT2D eigenvalue weighted by Gasteiger charge is -2.26. The first-order valence-corrected chi connectivity index (χ1v) is 18.9. The first-order chi connectivity index (χ1) is 23.4. The lowest BCUT2D eigenvalue weighted by atomic mass is 10.1. The third-order valence-electron chi connectivity index (χ3n) is 9.00. The van der Waals surface area contributed by atoms with Crippen LogP contribution in [-0.2, 0) is 23.1 Å². The van der Waals surface area contributed by atoms with Crippen LogP contribution in [0.3, 0.4) is 0 Å². The first-order valence-electron chi connectivity index (χ1n) is 17.4. The van der Waals surface area contributed by atoms with Crippen LogP contribution in [0, 0.1) is 13.8 Å². The van der Waals surface area contributed by atoms with Gasteiger partial charge in [0, 0.05) is 42.9 Å². The Kier molecular flexibility index (Phi) is 14.8. The van der Waals surface area contributed by atoms with E-state index in [9.17, 15) is 34.0 Å². The molecule has 17 heteroatoms. The van der Waals surface area contributed by atoms with Crippen LogP contribution in [0.1, 0.15) is 108 Å². The summed E-state index contributed by atoms with van der Waals surface area (Å²) in [6.07, 6.45) is 8.13. The first kappa shape index (κ1) is 39.1. The van der Waals surface area contributed by atoms with Gasteiger partial charge in [0.15, 0.2) is 0 Å². The van der Waals surface area contributed by atoms with Gasteiger partial charge < -0.3 is 19.7 Å². The number of H-pyrrole nitrogens is 2. The molecule has 0 amide bonds. The molecule has 5 N–H and O–H groups in total. The molecule has 7 atom stereocenters. The Morgan fingerprint density at radius 3 is 1.90 bits per heavy atom. The van der Waals surface area contributed by atoms with Crippen molar-refractivity contribution in [2.45, 2.75) is 135 Å². The summed E-state index contributed by atoms with van der Waals surface area (Å²) in [5.74, 6) is 0. The van der Waals surface area contributed by atoms with Gasteiger partial charge in [0.05, 0.1) is 19.3 Å². The number of aromatic nitrogens is 4. The highest BCUT2D eigenvalue weighted by molar-refractivity contribution is 7.51. The molecule has 2 fully saturated rings. The van der Waals surface area contributed by atoms with Gasteiger partial charge >= 0.3 is 19.1 Å². The smallest absolute Gasteiger partial charge is 0.394 e. The topological polar surface area (TPSA) is 216 Å². The van der Waals surface area contributed by atoms with Crippen molar-refractivity contribution >= 4 is 7.75 Å². The van der Waals surface area contributed by atoms with Crippen molar-refractivity contribution in [2.75, 3.05) is 19.8 Å². The molecule has 49 heavy (non-hydrogen) atoms. The number of aliphatic hydroxyl groups excluding tert-OH is 2. The highest BCUT2D eigenvalue weighted by atomic mass is 31.2. The Morgan fingerprint density at radius 2 is 1.35 bits per heavy atom. The molecule has 0 radical (unpaired) electrons. The molecule has 2 saturated heterocycles. The van der Waals surface area contributed by atoms with Gasteiger partial charge in [0.1, 0.15) is 30.8 Å². The van der Waals surface area contributed by atoms with Gasteiger partial charge in [-0.15, -0.1) is 0 Å². The Bertz CT molecular complexity index is 1640. The molecule has 4 heterocycles. The van der Waals surface area contributed by atoms with Crippen LogP contribution in [0.5, 0.6) is 0 Å². The molecule has 2 aliphatic rings. The molecule has 16 nitrogen and oxygen atoms in total. The summed E-state index contributed by atoms with van der Waals surface area (Å²) in [5, 5.41) is 23.7. The molecular formula is C32H52N5O11P. The second-order valence-electron chi connectivity index (χ2n) is 13.0. The predicted octanol–water partition coefficient (Wildman–Crippen LogP) is 2.65. The standard InChI is InChI=1S/C32H52N5O11P/c1-4-5-6-7-8-9-10-11-12-13-14-33-49(44,45-20-26-23(39)15-27(47-26)36-17-21(2)29(40)34-31(36)42)48-24-16-28(46-25(24)19-38)37-18-22(3)30(41)35-32(37)43/h17-18,23-28,38-39H,4-16,19-20H2,1-3H3,(H,33,44)(H,34,40,42)(H,35,41,43)/t23-,24-,25+,26+,27+,28+,49?/m0/s1. The second kappa shape index (κ2) is 18.5. The number of aliphatic hydroxyl groups is 2. The fourth-order valence-electron chi connectivity index (χ4n) is 6.07. The fraction of sp³-hybridized carbons (Fsp3) is 0.750. The number of ether oxygens (including phenoxy) is 2. The van der Waals surface area contributed by atoms with Crippen molar-refractivity contribution in [1.82, 2.24) is 24.2 Å². The number of aryl methyl sites for hydroxylation is 2. The molecule has 276 valence electrons. The van der Waals surface area contributed by atoms with Gasteiger partial charge in [0.2, 0.25) is 0 Å². The largest absolute Gasteiger partial charge is 0.405 e. The Hall–Kier alpha value is -2.69. The summed E-state index contributed by atoms with van der Waals surface area (Å²) in [6, 6.07) is 0. The number of nitrogens with one attached hydrogen (secondary N) is 3. The number of nitrogens with zero attached hydrogens (tertiary/aromatic N) is 2. The normalized spacial score (nSPS) is 25.2. The molecular weight excluding hydrogens is 661 g/mol. The van der Waals surface area contributed by atoms with Crippen molar-refractivity contribution in [2.24, 2.45) is 0 Å². The number of hydrogen-bond donors (Lipinski definition) is 5. The molecule has 0 spiro atoms. The average molecular weight is 714 g/mol. The van der Waals surface area contributed by atoms with E-state index in [1.54, 1.807) is 13.8 Å². The van der Waals surface area contributed by atoms with Gasteiger partial charge in [-0.3, -0.25) is 37.7 Å². The molecule has 0 aromatic carbocycles. The Balaban J connectivity index is 1.40. The van der Waals surface area contributed by atoms with Crippen molar-refractivity contribution in [3.8, 4) is 0 Å². The van der Waals surface area contributed by atoms with Crippen LogP contribution in [-0.4, -0.2) is 73.5 Å². The predicted molar refractivity (Wildman–Crippen MR) is 181 cm³/mol. The van der Waals surface area contributed by atoms with E-state index in [2.05, 4.69) is 22.0 Å². The molecule has 2 aromatic rings. The van der Waals surface area contributed by atoms with Crippen molar-refractivity contribution in [3.05, 3.63) is 65.2 Å². The van der Waals surface area contributed by atoms with Gasteiger partial charge in [-0.25, -0.2) is 19.2 Å². The van der Waals surface area contributed by atoms with Gasteiger partial charge in [-0.1, -0.05) is 64.7 Å². The zero-order valence-corrected chi connectivity index (χ0v) is 29.5. The maximum absolute atomic E-state index is 14.2. The third-order valence-corrected chi connectivity index (χ3v) is 10.6. The lowest BCUT2D eigenvalue weighted by molar-refractivity contribution is -0.0533. The van der Waals surface area contributed by atoms with Gasteiger partial charge in [-0.05, 0) is 20.3 Å². The summed E-state index contributed by atoms with van der Waals surface area (Å²) in [5.41, 5.74) is -1.86. The summed E-state index contributed by atoms with van der Waals surface area (Å²) < 4.78 is 40.2. The molecule has 2 aromatic heterocycles. The molecule has 0 aliphatic carbocycles. The van der Waals surface area contributed by atoms with Crippen LogP contribution in [0.2, 0.25) is 0 Å². The summed E-state index contributed by atoms with van der Waals surface area (Å²) >= 11 is 0. The minimum Gasteiger partial charge on any atom is -0.394 e. The number of aromatic amines is 2. The molecule has 0 saturated carbocycles. The molecule has 1 unspecified atom stereocenters. The monoisotopic (exact) mass is 713 g/mol. The zero-order valence-electron chi connectivity index (χ0n) is 28.6. The van der Waals surface area contributed by atoms with E-state index in [1.165, 1.54) is 60.1 Å². The van der Waals surface area contributed by atoms with Gasteiger partial charge in [-0.2, -0.15) is 0 Å². The number of unbranched alkanes of at least 4 members (excludes halogenated alkanes) is 9. The summed E-state index contributed by atoms with van der Waals surface area (Å²) in [4.78, 5) is 53.0. The van der Waals surface area contributed by atoms with E-state index in [4.69, 9.17) is 18.5 Å². The zero-order chi connectivity index (χ0) is 35.6. The van der Waals surface area contributed by atoms with E-state index in [0.29, 0.717) is 18.5 Å². The second-order valence-corrected chi connectivity index (χ2v) is 14.7.